The Morgan fingerprint density at radius 3 is 0.742 bits per heavy atom. The van der Waals surface area contributed by atoms with E-state index in [2.05, 4.69) is 34.6 Å². The highest BCUT2D eigenvalue weighted by molar-refractivity contribution is 5.71. The molecule has 0 unspecified atom stereocenters. The molecule has 0 N–H and O–H groups in total. The molecule has 392 valence electrons. The first-order valence-corrected chi connectivity index (χ1v) is 29.7. The van der Waals surface area contributed by atoms with Crippen LogP contribution in [-0.4, -0.2) is 37.2 Å². The molecule has 6 nitrogen and oxygen atoms in total. The summed E-state index contributed by atoms with van der Waals surface area (Å²) in [6, 6.07) is 0. The lowest BCUT2D eigenvalue weighted by Gasteiger charge is -2.18. The van der Waals surface area contributed by atoms with Gasteiger partial charge in [0.15, 0.2) is 6.10 Å². The minimum absolute atomic E-state index is 0.0623. The average Bonchev–Trinajstić information content (AvgIpc) is 3.29. The molecule has 0 aliphatic heterocycles. The van der Waals surface area contributed by atoms with Crippen LogP contribution in [0.5, 0.6) is 0 Å². The van der Waals surface area contributed by atoms with Gasteiger partial charge in [-0.15, -0.1) is 0 Å². The molecule has 6 heteroatoms. The number of esters is 3. The zero-order valence-electron chi connectivity index (χ0n) is 45.3. The summed E-state index contributed by atoms with van der Waals surface area (Å²) in [6.07, 6.45) is 56.6. The topological polar surface area (TPSA) is 78.9 Å². The number of hydrogen-bond donors (Lipinski definition) is 0. The van der Waals surface area contributed by atoms with Crippen LogP contribution in [0.25, 0.3) is 0 Å². The molecule has 0 aromatic heterocycles. The van der Waals surface area contributed by atoms with Crippen molar-refractivity contribution in [3.8, 4) is 0 Å². The Morgan fingerprint density at radius 2 is 0.500 bits per heavy atom. The first-order valence-electron chi connectivity index (χ1n) is 29.7. The first kappa shape index (κ1) is 64.4. The van der Waals surface area contributed by atoms with Crippen LogP contribution in [0.2, 0.25) is 0 Å². The van der Waals surface area contributed by atoms with E-state index in [0.29, 0.717) is 19.3 Å². The minimum atomic E-state index is -0.763. The smallest absolute Gasteiger partial charge is 0.306 e. The highest BCUT2D eigenvalue weighted by Crippen LogP contribution is 2.18. The van der Waals surface area contributed by atoms with E-state index in [4.69, 9.17) is 14.2 Å². The predicted molar refractivity (Wildman–Crippen MR) is 284 cm³/mol. The molecule has 0 aliphatic rings. The number of ether oxygens (including phenoxy) is 3. The van der Waals surface area contributed by atoms with Crippen molar-refractivity contribution in [2.24, 2.45) is 11.8 Å². The van der Waals surface area contributed by atoms with E-state index in [1.165, 1.54) is 225 Å². The SMILES string of the molecule is CCCCCCCCCCCCCCCC(=O)OC[C@@H](COC(=O)CCCCCCCCCCCCCCCCC(C)C)OC(=O)CCCCCCCCCCCCCCCCCC(C)C. The van der Waals surface area contributed by atoms with Crippen molar-refractivity contribution in [3.63, 3.8) is 0 Å². The highest BCUT2D eigenvalue weighted by Gasteiger charge is 2.19. The fraction of sp³-hybridized carbons (Fsp3) is 0.950. The zero-order valence-corrected chi connectivity index (χ0v) is 45.3. The van der Waals surface area contributed by atoms with Gasteiger partial charge in [0, 0.05) is 19.3 Å². The maximum Gasteiger partial charge on any atom is 0.306 e. The van der Waals surface area contributed by atoms with Gasteiger partial charge >= 0.3 is 17.9 Å². The molecule has 0 amide bonds. The number of carbonyl (C=O) groups excluding carboxylic acids is 3. The fourth-order valence-electron chi connectivity index (χ4n) is 9.23. The Kier molecular flexibility index (Phi) is 51.5. The Balaban J connectivity index is 4.28. The number of carbonyl (C=O) groups is 3. The maximum absolute atomic E-state index is 12.9. The minimum Gasteiger partial charge on any atom is -0.462 e. The van der Waals surface area contributed by atoms with E-state index in [1.807, 2.05) is 0 Å². The standard InChI is InChI=1S/C60H116O6/c1-6-7-8-9-10-11-12-18-25-30-35-40-45-50-58(61)64-53-57(54-65-59(62)51-46-41-36-31-26-21-17-16-20-24-29-34-39-44-49-56(4)5)66-60(63)52-47-42-37-32-27-22-15-13-14-19-23-28-33-38-43-48-55(2)3/h55-57H,6-54H2,1-5H3/t57-/m0/s1. The summed E-state index contributed by atoms with van der Waals surface area (Å²) in [4.78, 5) is 38.2. The molecule has 0 bridgehead atoms. The average molecular weight is 934 g/mol. The van der Waals surface area contributed by atoms with Crippen LogP contribution in [0, 0.1) is 11.8 Å². The molecule has 0 rings (SSSR count). The first-order chi connectivity index (χ1) is 32.2. The molecule has 0 fully saturated rings. The third-order valence-corrected chi connectivity index (χ3v) is 13.7. The second-order valence-electron chi connectivity index (χ2n) is 21.6. The van der Waals surface area contributed by atoms with E-state index in [-0.39, 0.29) is 31.1 Å². The molecule has 66 heavy (non-hydrogen) atoms. The van der Waals surface area contributed by atoms with Gasteiger partial charge in [-0.2, -0.15) is 0 Å². The molecule has 0 radical (unpaired) electrons. The van der Waals surface area contributed by atoms with Crippen LogP contribution in [0.4, 0.5) is 0 Å². The molecular weight excluding hydrogens is 817 g/mol. The van der Waals surface area contributed by atoms with Gasteiger partial charge < -0.3 is 14.2 Å². The Labute approximate surface area is 412 Å². The van der Waals surface area contributed by atoms with Crippen LogP contribution in [-0.2, 0) is 28.6 Å². The van der Waals surface area contributed by atoms with E-state index < -0.39 is 6.10 Å². The molecular formula is C60H116O6. The summed E-state index contributed by atoms with van der Waals surface area (Å²) in [5.74, 6) is 0.856. The second kappa shape index (κ2) is 52.8. The monoisotopic (exact) mass is 933 g/mol. The van der Waals surface area contributed by atoms with Crippen molar-refractivity contribution in [1.29, 1.82) is 0 Å². The highest BCUT2D eigenvalue weighted by atomic mass is 16.6. The van der Waals surface area contributed by atoms with Gasteiger partial charge in [-0.05, 0) is 31.1 Å². The number of rotatable bonds is 54. The van der Waals surface area contributed by atoms with Crippen molar-refractivity contribution in [2.45, 2.75) is 343 Å². The quantitative estimate of drug-likeness (QED) is 0.0343. The van der Waals surface area contributed by atoms with Gasteiger partial charge in [0.25, 0.3) is 0 Å². The largest absolute Gasteiger partial charge is 0.462 e. The van der Waals surface area contributed by atoms with E-state index in [1.54, 1.807) is 0 Å². The summed E-state index contributed by atoms with van der Waals surface area (Å²) in [7, 11) is 0. The molecule has 0 spiro atoms. The zero-order chi connectivity index (χ0) is 48.2. The summed E-state index contributed by atoms with van der Waals surface area (Å²) in [5.41, 5.74) is 0. The van der Waals surface area contributed by atoms with Crippen LogP contribution in [0.1, 0.15) is 336 Å². The van der Waals surface area contributed by atoms with Gasteiger partial charge in [0.1, 0.15) is 13.2 Å². The summed E-state index contributed by atoms with van der Waals surface area (Å²) in [6.45, 7) is 11.4. The van der Waals surface area contributed by atoms with Crippen molar-refractivity contribution >= 4 is 17.9 Å². The molecule has 0 aliphatic carbocycles. The lowest BCUT2D eigenvalue weighted by Crippen LogP contribution is -2.30. The number of unbranched alkanes of at least 4 members (excludes halogenated alkanes) is 39. The van der Waals surface area contributed by atoms with Gasteiger partial charge in [-0.3, -0.25) is 14.4 Å². The third kappa shape index (κ3) is 53.4. The Morgan fingerprint density at radius 1 is 0.288 bits per heavy atom. The van der Waals surface area contributed by atoms with E-state index in [9.17, 15) is 14.4 Å². The predicted octanol–water partition coefficient (Wildman–Crippen LogP) is 19.7. The van der Waals surface area contributed by atoms with Crippen LogP contribution in [0.3, 0.4) is 0 Å². The van der Waals surface area contributed by atoms with Gasteiger partial charge in [-0.25, -0.2) is 0 Å². The number of hydrogen-bond acceptors (Lipinski definition) is 6. The molecule has 0 aromatic rings. The van der Waals surface area contributed by atoms with Gasteiger partial charge in [0.05, 0.1) is 0 Å². The Hall–Kier alpha value is -1.59. The van der Waals surface area contributed by atoms with E-state index >= 15 is 0 Å². The van der Waals surface area contributed by atoms with Crippen molar-refractivity contribution in [1.82, 2.24) is 0 Å². The molecule has 1 atom stereocenters. The van der Waals surface area contributed by atoms with Gasteiger partial charge in [-0.1, -0.05) is 298 Å². The van der Waals surface area contributed by atoms with Crippen molar-refractivity contribution in [3.05, 3.63) is 0 Å². The summed E-state index contributed by atoms with van der Waals surface area (Å²) < 4.78 is 16.9. The van der Waals surface area contributed by atoms with Crippen molar-refractivity contribution in [2.75, 3.05) is 13.2 Å². The van der Waals surface area contributed by atoms with Crippen LogP contribution in [0.15, 0.2) is 0 Å². The van der Waals surface area contributed by atoms with Crippen LogP contribution < -0.4 is 0 Å². The Bertz CT molecular complexity index is 1010. The maximum atomic E-state index is 12.9. The van der Waals surface area contributed by atoms with Crippen LogP contribution >= 0.6 is 0 Å². The van der Waals surface area contributed by atoms with Crippen molar-refractivity contribution < 1.29 is 28.6 Å². The van der Waals surface area contributed by atoms with Gasteiger partial charge in [0.2, 0.25) is 0 Å². The normalized spacial score (nSPS) is 12.0. The lowest BCUT2D eigenvalue weighted by atomic mass is 10.0. The lowest BCUT2D eigenvalue weighted by molar-refractivity contribution is -0.167. The molecule has 0 saturated heterocycles. The summed E-state index contributed by atoms with van der Waals surface area (Å²) in [5, 5.41) is 0. The summed E-state index contributed by atoms with van der Waals surface area (Å²) >= 11 is 0. The molecule has 0 aromatic carbocycles. The van der Waals surface area contributed by atoms with E-state index in [0.717, 1.165) is 69.6 Å². The molecule has 0 heterocycles. The molecule has 0 saturated carbocycles. The third-order valence-electron chi connectivity index (χ3n) is 13.7. The fourth-order valence-corrected chi connectivity index (χ4v) is 9.23. The second-order valence-corrected chi connectivity index (χ2v) is 21.6.